The average Bonchev–Trinajstić information content (AvgIpc) is 2.55. The molecule has 2 aromatic rings. The fourth-order valence-electron chi connectivity index (χ4n) is 2.02. The SMILES string of the molecule is CCOc1ccccc1NC(=O)CCCOc1ccc(F)cc1. The summed E-state index contributed by atoms with van der Waals surface area (Å²) < 4.78 is 23.7. The minimum absolute atomic E-state index is 0.0974. The number of anilines is 1. The molecule has 0 radical (unpaired) electrons. The molecular formula is C18H20FNO3. The predicted molar refractivity (Wildman–Crippen MR) is 87.4 cm³/mol. The zero-order valence-corrected chi connectivity index (χ0v) is 13.0. The molecule has 0 spiro atoms. The zero-order valence-electron chi connectivity index (χ0n) is 13.0. The lowest BCUT2D eigenvalue weighted by Gasteiger charge is -2.11. The summed E-state index contributed by atoms with van der Waals surface area (Å²) in [6, 6.07) is 13.1. The summed E-state index contributed by atoms with van der Waals surface area (Å²) in [5.41, 5.74) is 0.666. The number of nitrogens with one attached hydrogen (secondary N) is 1. The first-order valence-corrected chi connectivity index (χ1v) is 7.59. The van der Waals surface area contributed by atoms with Crippen LogP contribution in [0.4, 0.5) is 10.1 Å². The third-order valence-corrected chi connectivity index (χ3v) is 3.09. The van der Waals surface area contributed by atoms with Crippen molar-refractivity contribution >= 4 is 11.6 Å². The van der Waals surface area contributed by atoms with Gasteiger partial charge in [0.2, 0.25) is 5.91 Å². The molecule has 0 bridgehead atoms. The van der Waals surface area contributed by atoms with Gasteiger partial charge in [-0.05, 0) is 49.7 Å². The van der Waals surface area contributed by atoms with Crippen LogP contribution in [-0.4, -0.2) is 19.1 Å². The average molecular weight is 317 g/mol. The molecule has 0 aliphatic rings. The van der Waals surface area contributed by atoms with E-state index in [2.05, 4.69) is 5.32 Å². The van der Waals surface area contributed by atoms with Crippen molar-refractivity contribution in [2.45, 2.75) is 19.8 Å². The van der Waals surface area contributed by atoms with Crippen molar-refractivity contribution in [3.05, 3.63) is 54.3 Å². The highest BCUT2D eigenvalue weighted by atomic mass is 19.1. The molecule has 5 heteroatoms. The lowest BCUT2D eigenvalue weighted by Crippen LogP contribution is -2.13. The molecule has 0 heterocycles. The fourth-order valence-corrected chi connectivity index (χ4v) is 2.02. The summed E-state index contributed by atoms with van der Waals surface area (Å²) >= 11 is 0. The monoisotopic (exact) mass is 317 g/mol. The lowest BCUT2D eigenvalue weighted by atomic mass is 10.2. The number of carbonyl (C=O) groups excluding carboxylic acids is 1. The number of para-hydroxylation sites is 2. The Labute approximate surface area is 135 Å². The second-order valence-corrected chi connectivity index (χ2v) is 4.88. The van der Waals surface area contributed by atoms with Crippen molar-refractivity contribution < 1.29 is 18.7 Å². The van der Waals surface area contributed by atoms with Gasteiger partial charge >= 0.3 is 0 Å². The van der Waals surface area contributed by atoms with Crippen LogP contribution in [0, 0.1) is 5.82 Å². The molecule has 0 atom stereocenters. The standard InChI is InChI=1S/C18H20FNO3/c1-2-22-17-7-4-3-6-16(17)20-18(21)8-5-13-23-15-11-9-14(19)10-12-15/h3-4,6-7,9-12H,2,5,8,13H2,1H3,(H,20,21). The van der Waals surface area contributed by atoms with E-state index < -0.39 is 0 Å². The van der Waals surface area contributed by atoms with Crippen LogP contribution in [-0.2, 0) is 4.79 Å². The third kappa shape index (κ3) is 5.62. The first-order valence-electron chi connectivity index (χ1n) is 7.59. The molecule has 23 heavy (non-hydrogen) atoms. The first kappa shape index (κ1) is 16.8. The molecule has 0 aliphatic carbocycles. The van der Waals surface area contributed by atoms with Crippen molar-refractivity contribution in [2.75, 3.05) is 18.5 Å². The number of hydrogen-bond donors (Lipinski definition) is 1. The van der Waals surface area contributed by atoms with Gasteiger partial charge in [-0.1, -0.05) is 12.1 Å². The van der Waals surface area contributed by atoms with Gasteiger partial charge in [0, 0.05) is 6.42 Å². The summed E-state index contributed by atoms with van der Waals surface area (Å²) in [5, 5.41) is 2.83. The van der Waals surface area contributed by atoms with Crippen molar-refractivity contribution in [1.82, 2.24) is 0 Å². The molecule has 1 N–H and O–H groups in total. The van der Waals surface area contributed by atoms with E-state index in [9.17, 15) is 9.18 Å². The number of carbonyl (C=O) groups is 1. The second-order valence-electron chi connectivity index (χ2n) is 4.88. The number of benzene rings is 2. The minimum Gasteiger partial charge on any atom is -0.494 e. The Balaban J connectivity index is 1.74. The molecule has 2 aromatic carbocycles. The molecular weight excluding hydrogens is 297 g/mol. The van der Waals surface area contributed by atoms with E-state index in [4.69, 9.17) is 9.47 Å². The molecule has 0 fully saturated rings. The summed E-state index contributed by atoms with van der Waals surface area (Å²) in [6.07, 6.45) is 0.904. The van der Waals surface area contributed by atoms with Crippen LogP contribution in [0.3, 0.4) is 0 Å². The summed E-state index contributed by atoms with van der Waals surface area (Å²) in [6.45, 7) is 2.83. The maximum atomic E-state index is 12.8. The van der Waals surface area contributed by atoms with Gasteiger partial charge in [-0.2, -0.15) is 0 Å². The maximum Gasteiger partial charge on any atom is 0.224 e. The van der Waals surface area contributed by atoms with Crippen LogP contribution in [0.25, 0.3) is 0 Å². The molecule has 0 unspecified atom stereocenters. The topological polar surface area (TPSA) is 47.6 Å². The predicted octanol–water partition coefficient (Wildman–Crippen LogP) is 4.02. The Kier molecular flexibility index (Phi) is 6.41. The van der Waals surface area contributed by atoms with Gasteiger partial charge in [0.25, 0.3) is 0 Å². The number of ether oxygens (including phenoxy) is 2. The smallest absolute Gasteiger partial charge is 0.224 e. The number of amides is 1. The quantitative estimate of drug-likeness (QED) is 0.748. The van der Waals surface area contributed by atoms with Gasteiger partial charge in [-0.3, -0.25) is 4.79 Å². The van der Waals surface area contributed by atoms with Gasteiger partial charge in [0.05, 0.1) is 18.9 Å². The minimum atomic E-state index is -0.301. The van der Waals surface area contributed by atoms with E-state index in [0.717, 1.165) is 0 Å². The number of rotatable bonds is 8. The van der Waals surface area contributed by atoms with E-state index in [1.54, 1.807) is 18.2 Å². The fraction of sp³-hybridized carbons (Fsp3) is 0.278. The van der Waals surface area contributed by atoms with Crippen molar-refractivity contribution in [3.8, 4) is 11.5 Å². The highest BCUT2D eigenvalue weighted by Crippen LogP contribution is 2.23. The second kappa shape index (κ2) is 8.78. The van der Waals surface area contributed by atoms with Gasteiger partial charge < -0.3 is 14.8 Å². The van der Waals surface area contributed by atoms with E-state index in [0.29, 0.717) is 43.2 Å². The molecule has 2 rings (SSSR count). The maximum absolute atomic E-state index is 12.8. The third-order valence-electron chi connectivity index (χ3n) is 3.09. The molecule has 0 aliphatic heterocycles. The van der Waals surface area contributed by atoms with Crippen LogP contribution >= 0.6 is 0 Å². The number of halogens is 1. The Bertz CT molecular complexity index is 628. The normalized spacial score (nSPS) is 10.2. The Morgan fingerprint density at radius 2 is 1.83 bits per heavy atom. The van der Waals surface area contributed by atoms with E-state index in [1.165, 1.54) is 12.1 Å². The van der Waals surface area contributed by atoms with E-state index in [1.807, 2.05) is 25.1 Å². The van der Waals surface area contributed by atoms with Crippen LogP contribution in [0.15, 0.2) is 48.5 Å². The van der Waals surface area contributed by atoms with Crippen LogP contribution in [0.5, 0.6) is 11.5 Å². The highest BCUT2D eigenvalue weighted by Gasteiger charge is 2.07. The summed E-state index contributed by atoms with van der Waals surface area (Å²) in [4.78, 5) is 12.0. The zero-order chi connectivity index (χ0) is 16.5. The summed E-state index contributed by atoms with van der Waals surface area (Å²) in [7, 11) is 0. The van der Waals surface area contributed by atoms with E-state index >= 15 is 0 Å². The molecule has 0 saturated heterocycles. The Hall–Kier alpha value is -2.56. The highest BCUT2D eigenvalue weighted by molar-refractivity contribution is 5.92. The van der Waals surface area contributed by atoms with Crippen molar-refractivity contribution in [3.63, 3.8) is 0 Å². The van der Waals surface area contributed by atoms with Gasteiger partial charge in [0.15, 0.2) is 0 Å². The summed E-state index contributed by atoms with van der Waals surface area (Å²) in [5.74, 6) is 0.851. The Morgan fingerprint density at radius 3 is 2.57 bits per heavy atom. The lowest BCUT2D eigenvalue weighted by molar-refractivity contribution is -0.116. The largest absolute Gasteiger partial charge is 0.494 e. The first-order chi connectivity index (χ1) is 11.2. The van der Waals surface area contributed by atoms with Gasteiger partial charge in [-0.15, -0.1) is 0 Å². The van der Waals surface area contributed by atoms with E-state index in [-0.39, 0.29) is 11.7 Å². The molecule has 122 valence electrons. The Morgan fingerprint density at radius 1 is 1.09 bits per heavy atom. The van der Waals surface area contributed by atoms with Gasteiger partial charge in [0.1, 0.15) is 17.3 Å². The van der Waals surface area contributed by atoms with Crippen LogP contribution in [0.1, 0.15) is 19.8 Å². The van der Waals surface area contributed by atoms with Crippen molar-refractivity contribution in [2.24, 2.45) is 0 Å². The number of hydrogen-bond acceptors (Lipinski definition) is 3. The van der Waals surface area contributed by atoms with Gasteiger partial charge in [-0.25, -0.2) is 4.39 Å². The molecule has 0 aromatic heterocycles. The molecule has 0 saturated carbocycles. The molecule has 1 amide bonds. The van der Waals surface area contributed by atoms with Crippen molar-refractivity contribution in [1.29, 1.82) is 0 Å². The molecule has 4 nitrogen and oxygen atoms in total. The van der Waals surface area contributed by atoms with Crippen LogP contribution in [0.2, 0.25) is 0 Å². The van der Waals surface area contributed by atoms with Crippen LogP contribution < -0.4 is 14.8 Å².